The number of amides is 2. The highest BCUT2D eigenvalue weighted by Crippen LogP contribution is 2.20. The summed E-state index contributed by atoms with van der Waals surface area (Å²) in [4.78, 5) is 32.5. The molecule has 2 amide bonds. The Hall–Kier alpha value is -1.71. The molecular formula is C18H30N4O4S. The third-order valence-electron chi connectivity index (χ3n) is 4.70. The van der Waals surface area contributed by atoms with Crippen molar-refractivity contribution >= 4 is 23.3 Å². The highest BCUT2D eigenvalue weighted by molar-refractivity contribution is 7.09. The van der Waals surface area contributed by atoms with Crippen molar-refractivity contribution in [1.82, 2.24) is 20.1 Å². The highest BCUT2D eigenvalue weighted by Gasteiger charge is 2.36. The summed E-state index contributed by atoms with van der Waals surface area (Å²) in [5.41, 5.74) is -0.513. The second-order valence-electron chi connectivity index (χ2n) is 7.46. The molecule has 27 heavy (non-hydrogen) atoms. The molecule has 0 aliphatic carbocycles. The molecule has 8 nitrogen and oxygen atoms in total. The largest absolute Gasteiger partial charge is 0.480 e. The fourth-order valence-electron chi connectivity index (χ4n) is 2.74. The molecule has 0 saturated carbocycles. The average molecular weight is 399 g/mol. The first-order chi connectivity index (χ1) is 12.7. The van der Waals surface area contributed by atoms with E-state index in [0.717, 1.165) is 23.8 Å². The molecule has 1 saturated heterocycles. The maximum atomic E-state index is 12.6. The summed E-state index contributed by atoms with van der Waals surface area (Å²) in [6, 6.07) is -0.416. The van der Waals surface area contributed by atoms with E-state index >= 15 is 0 Å². The maximum Gasteiger partial charge on any atom is 0.329 e. The average Bonchev–Trinajstić information content (AvgIpc) is 3.09. The van der Waals surface area contributed by atoms with Crippen LogP contribution >= 0.6 is 11.3 Å². The Balaban J connectivity index is 1.92. The third kappa shape index (κ3) is 6.15. The first-order valence-electron chi connectivity index (χ1n) is 9.22. The van der Waals surface area contributed by atoms with Crippen LogP contribution < -0.4 is 5.32 Å². The first-order valence-corrected chi connectivity index (χ1v) is 10.1. The smallest absolute Gasteiger partial charge is 0.329 e. The third-order valence-corrected chi connectivity index (χ3v) is 5.89. The van der Waals surface area contributed by atoms with Crippen LogP contribution in [0.2, 0.25) is 0 Å². The van der Waals surface area contributed by atoms with E-state index in [1.807, 2.05) is 5.38 Å². The topological polar surface area (TPSA) is 95.0 Å². The molecule has 0 spiro atoms. The van der Waals surface area contributed by atoms with Gasteiger partial charge in [-0.05, 0) is 13.3 Å². The standard InChI is InChI=1S/C18H30N4O4S/c1-13(2)15-19-14(12-27-15)11-21(4)17(25)20-18(3,16(23)24)5-6-22-7-9-26-10-8-22/h12-13H,5-11H2,1-4H3,(H,20,25)(H,23,24)/t18-/m0/s1. The van der Waals surface area contributed by atoms with E-state index in [1.54, 1.807) is 25.3 Å². The van der Waals surface area contributed by atoms with Crippen LogP contribution in [0.4, 0.5) is 4.79 Å². The van der Waals surface area contributed by atoms with Gasteiger partial charge in [0.25, 0.3) is 0 Å². The van der Waals surface area contributed by atoms with Crippen molar-refractivity contribution in [3.63, 3.8) is 0 Å². The Morgan fingerprint density at radius 3 is 2.67 bits per heavy atom. The van der Waals surface area contributed by atoms with Gasteiger partial charge < -0.3 is 20.1 Å². The van der Waals surface area contributed by atoms with Crippen LogP contribution in [0.25, 0.3) is 0 Å². The predicted molar refractivity (Wildman–Crippen MR) is 104 cm³/mol. The molecule has 0 radical (unpaired) electrons. The fraction of sp³-hybridized carbons (Fsp3) is 0.722. The number of aromatic nitrogens is 1. The van der Waals surface area contributed by atoms with Gasteiger partial charge in [-0.1, -0.05) is 13.8 Å². The first kappa shape index (κ1) is 21.6. The minimum Gasteiger partial charge on any atom is -0.480 e. The van der Waals surface area contributed by atoms with Gasteiger partial charge in [0, 0.05) is 38.0 Å². The van der Waals surface area contributed by atoms with Crippen LogP contribution in [-0.4, -0.2) is 77.3 Å². The van der Waals surface area contributed by atoms with E-state index in [-0.39, 0.29) is 0 Å². The summed E-state index contributed by atoms with van der Waals surface area (Å²) < 4.78 is 5.31. The van der Waals surface area contributed by atoms with Gasteiger partial charge in [0.15, 0.2) is 0 Å². The van der Waals surface area contributed by atoms with Crippen molar-refractivity contribution in [3.05, 3.63) is 16.1 Å². The maximum absolute atomic E-state index is 12.6. The summed E-state index contributed by atoms with van der Waals surface area (Å²) in [7, 11) is 1.65. The molecule has 0 aromatic carbocycles. The number of rotatable bonds is 8. The zero-order valence-electron chi connectivity index (χ0n) is 16.5. The summed E-state index contributed by atoms with van der Waals surface area (Å²) in [6.45, 7) is 9.53. The summed E-state index contributed by atoms with van der Waals surface area (Å²) in [5, 5.41) is 15.3. The second-order valence-corrected chi connectivity index (χ2v) is 8.35. The predicted octanol–water partition coefficient (Wildman–Crippen LogP) is 1.97. The summed E-state index contributed by atoms with van der Waals surface area (Å²) >= 11 is 1.57. The van der Waals surface area contributed by atoms with Crippen molar-refractivity contribution in [3.8, 4) is 0 Å². The molecular weight excluding hydrogens is 368 g/mol. The lowest BCUT2D eigenvalue weighted by atomic mass is 9.97. The van der Waals surface area contributed by atoms with Gasteiger partial charge in [-0.3, -0.25) is 4.90 Å². The van der Waals surface area contributed by atoms with E-state index in [1.165, 1.54) is 4.90 Å². The lowest BCUT2D eigenvalue weighted by molar-refractivity contribution is -0.144. The number of nitrogens with one attached hydrogen (secondary N) is 1. The number of ether oxygens (including phenoxy) is 1. The normalized spacial score (nSPS) is 17.5. The second kappa shape index (κ2) is 9.48. The molecule has 1 fully saturated rings. The summed E-state index contributed by atoms with van der Waals surface area (Å²) in [6.07, 6.45) is 0.329. The molecule has 1 atom stereocenters. The molecule has 152 valence electrons. The van der Waals surface area contributed by atoms with Gasteiger partial charge in [0.1, 0.15) is 5.54 Å². The number of thiazole rings is 1. The molecule has 0 bridgehead atoms. The van der Waals surface area contributed by atoms with Crippen LogP contribution in [0.3, 0.4) is 0 Å². The Bertz CT molecular complexity index is 645. The molecule has 2 heterocycles. The minimum atomic E-state index is -1.32. The van der Waals surface area contributed by atoms with Crippen LogP contribution in [0.5, 0.6) is 0 Å². The Morgan fingerprint density at radius 2 is 2.11 bits per heavy atom. The molecule has 1 aromatic rings. The fourth-order valence-corrected chi connectivity index (χ4v) is 3.56. The molecule has 1 aliphatic heterocycles. The van der Waals surface area contributed by atoms with E-state index < -0.39 is 17.5 Å². The Kier molecular flexibility index (Phi) is 7.58. The number of carbonyl (C=O) groups excluding carboxylic acids is 1. The van der Waals surface area contributed by atoms with Crippen molar-refractivity contribution in [1.29, 1.82) is 0 Å². The zero-order chi connectivity index (χ0) is 20.0. The number of hydrogen-bond acceptors (Lipinski definition) is 6. The van der Waals surface area contributed by atoms with Crippen LogP contribution in [0.1, 0.15) is 43.8 Å². The van der Waals surface area contributed by atoms with Crippen molar-refractivity contribution < 1.29 is 19.4 Å². The van der Waals surface area contributed by atoms with Crippen molar-refractivity contribution in [2.75, 3.05) is 39.9 Å². The number of carbonyl (C=O) groups is 2. The van der Waals surface area contributed by atoms with Gasteiger partial charge in [0.2, 0.25) is 0 Å². The SMILES string of the molecule is CC(C)c1nc(CN(C)C(=O)N[C@@](C)(CCN2CCOCC2)C(=O)O)cs1. The molecule has 1 aliphatic rings. The van der Waals surface area contributed by atoms with E-state index in [9.17, 15) is 14.7 Å². The molecule has 9 heteroatoms. The summed E-state index contributed by atoms with van der Waals surface area (Å²) in [5.74, 6) is -0.688. The van der Waals surface area contributed by atoms with Gasteiger partial charge >= 0.3 is 12.0 Å². The van der Waals surface area contributed by atoms with Crippen LogP contribution in [0.15, 0.2) is 5.38 Å². The number of nitrogens with zero attached hydrogens (tertiary/aromatic N) is 3. The number of aliphatic carboxylic acids is 1. The number of carboxylic acids is 1. The minimum absolute atomic E-state index is 0.329. The van der Waals surface area contributed by atoms with Gasteiger partial charge in [0.05, 0.1) is 30.5 Å². The molecule has 2 N–H and O–H groups in total. The lowest BCUT2D eigenvalue weighted by Crippen LogP contribution is -2.56. The quantitative estimate of drug-likeness (QED) is 0.695. The molecule has 1 aromatic heterocycles. The lowest BCUT2D eigenvalue weighted by Gasteiger charge is -2.33. The van der Waals surface area contributed by atoms with Crippen molar-refractivity contribution in [2.45, 2.75) is 45.2 Å². The van der Waals surface area contributed by atoms with Gasteiger partial charge in [-0.2, -0.15) is 0 Å². The number of urea groups is 1. The monoisotopic (exact) mass is 398 g/mol. The highest BCUT2D eigenvalue weighted by atomic mass is 32.1. The number of morpholine rings is 1. The van der Waals surface area contributed by atoms with E-state index in [0.29, 0.717) is 38.6 Å². The zero-order valence-corrected chi connectivity index (χ0v) is 17.3. The van der Waals surface area contributed by atoms with E-state index in [2.05, 4.69) is 29.0 Å². The van der Waals surface area contributed by atoms with Crippen LogP contribution in [0, 0.1) is 0 Å². The Morgan fingerprint density at radius 1 is 1.44 bits per heavy atom. The van der Waals surface area contributed by atoms with Crippen molar-refractivity contribution in [2.24, 2.45) is 0 Å². The Labute approximate surface area is 164 Å². The number of carboxylic acid groups (broad SMARTS) is 1. The molecule has 0 unspecified atom stereocenters. The van der Waals surface area contributed by atoms with E-state index in [4.69, 9.17) is 4.74 Å². The number of hydrogen-bond donors (Lipinski definition) is 2. The van der Waals surface area contributed by atoms with Crippen LogP contribution in [-0.2, 0) is 16.1 Å². The van der Waals surface area contributed by atoms with Gasteiger partial charge in [-0.25, -0.2) is 14.6 Å². The van der Waals surface area contributed by atoms with Gasteiger partial charge in [-0.15, -0.1) is 11.3 Å². The molecule has 2 rings (SSSR count).